The standard InChI is InChI=1S/C12H12O6S2/c1-19(13,14)17-10-7-9-5-3-4-6-11(9)12(8-10)18-20(2,15)16/h3-8H,1-2H3. The smallest absolute Gasteiger partial charge is 0.306 e. The maximum Gasteiger partial charge on any atom is 0.306 e. The van der Waals surface area contributed by atoms with E-state index in [9.17, 15) is 16.8 Å². The fourth-order valence-electron chi connectivity index (χ4n) is 1.70. The SMILES string of the molecule is CS(=O)(=O)Oc1cc(OS(C)(=O)=O)c2ccccc2c1. The zero-order valence-electron chi connectivity index (χ0n) is 10.7. The maximum absolute atomic E-state index is 11.3. The number of hydrogen-bond acceptors (Lipinski definition) is 6. The average molecular weight is 316 g/mol. The van der Waals surface area contributed by atoms with Gasteiger partial charge in [-0.1, -0.05) is 24.3 Å². The van der Waals surface area contributed by atoms with Gasteiger partial charge in [0.15, 0.2) is 5.75 Å². The van der Waals surface area contributed by atoms with Crippen molar-refractivity contribution in [3.63, 3.8) is 0 Å². The number of rotatable bonds is 4. The second kappa shape index (κ2) is 4.95. The molecule has 0 heterocycles. The molecule has 108 valence electrons. The summed E-state index contributed by atoms with van der Waals surface area (Å²) in [7, 11) is -7.45. The van der Waals surface area contributed by atoms with E-state index in [0.29, 0.717) is 10.8 Å². The summed E-state index contributed by atoms with van der Waals surface area (Å²) in [4.78, 5) is 0. The Morgan fingerprint density at radius 2 is 1.45 bits per heavy atom. The van der Waals surface area contributed by atoms with Crippen LogP contribution in [0.3, 0.4) is 0 Å². The summed E-state index contributed by atoms with van der Waals surface area (Å²) in [5.41, 5.74) is 0. The summed E-state index contributed by atoms with van der Waals surface area (Å²) in [6, 6.07) is 9.53. The first-order chi connectivity index (χ1) is 9.14. The topological polar surface area (TPSA) is 86.7 Å². The number of benzene rings is 2. The van der Waals surface area contributed by atoms with E-state index < -0.39 is 20.2 Å². The molecule has 0 aromatic heterocycles. The van der Waals surface area contributed by atoms with E-state index in [0.717, 1.165) is 12.5 Å². The Kier molecular flexibility index (Phi) is 3.61. The fraction of sp³-hybridized carbons (Fsp3) is 0.167. The van der Waals surface area contributed by atoms with Crippen molar-refractivity contribution in [2.75, 3.05) is 12.5 Å². The third kappa shape index (κ3) is 3.84. The third-order valence-electron chi connectivity index (χ3n) is 2.29. The minimum Gasteiger partial charge on any atom is -0.382 e. The Hall–Kier alpha value is -1.80. The van der Waals surface area contributed by atoms with Crippen LogP contribution in [0.5, 0.6) is 11.5 Å². The highest BCUT2D eigenvalue weighted by Crippen LogP contribution is 2.32. The largest absolute Gasteiger partial charge is 0.382 e. The molecule has 2 aromatic carbocycles. The minimum atomic E-state index is -3.73. The molecule has 0 fully saturated rings. The van der Waals surface area contributed by atoms with Crippen molar-refractivity contribution in [2.24, 2.45) is 0 Å². The lowest BCUT2D eigenvalue weighted by Gasteiger charge is -2.10. The molecule has 2 rings (SSSR count). The van der Waals surface area contributed by atoms with Crippen LogP contribution in [0.15, 0.2) is 36.4 Å². The molecule has 0 atom stereocenters. The van der Waals surface area contributed by atoms with Crippen molar-refractivity contribution < 1.29 is 25.2 Å². The molecule has 0 unspecified atom stereocenters. The molecular weight excluding hydrogens is 304 g/mol. The quantitative estimate of drug-likeness (QED) is 0.795. The molecule has 0 spiro atoms. The molecular formula is C12H12O6S2. The van der Waals surface area contributed by atoms with Gasteiger partial charge in [-0.15, -0.1) is 0 Å². The summed E-state index contributed by atoms with van der Waals surface area (Å²) in [6.45, 7) is 0. The molecule has 2 aromatic rings. The van der Waals surface area contributed by atoms with E-state index in [1.165, 1.54) is 12.1 Å². The normalized spacial score (nSPS) is 12.3. The number of fused-ring (bicyclic) bond motifs is 1. The molecule has 0 aliphatic rings. The maximum atomic E-state index is 11.3. The van der Waals surface area contributed by atoms with Gasteiger partial charge in [0, 0.05) is 11.5 Å². The van der Waals surface area contributed by atoms with Crippen LogP contribution >= 0.6 is 0 Å². The van der Waals surface area contributed by atoms with Crippen molar-refractivity contribution in [1.29, 1.82) is 0 Å². The van der Waals surface area contributed by atoms with E-state index in [4.69, 9.17) is 8.37 Å². The summed E-state index contributed by atoms with van der Waals surface area (Å²) in [5.74, 6) is 0.00843. The summed E-state index contributed by atoms with van der Waals surface area (Å²) in [6.07, 6.45) is 1.81. The van der Waals surface area contributed by atoms with Crippen LogP contribution in [-0.2, 0) is 20.2 Å². The van der Waals surface area contributed by atoms with Gasteiger partial charge < -0.3 is 8.37 Å². The summed E-state index contributed by atoms with van der Waals surface area (Å²) in [5, 5.41) is 1.14. The van der Waals surface area contributed by atoms with Crippen LogP contribution in [-0.4, -0.2) is 29.3 Å². The highest BCUT2D eigenvalue weighted by atomic mass is 32.2. The third-order valence-corrected chi connectivity index (χ3v) is 3.26. The Bertz CT molecular complexity index is 853. The first kappa shape index (κ1) is 14.6. The predicted octanol–water partition coefficient (Wildman–Crippen LogP) is 1.52. The molecule has 20 heavy (non-hydrogen) atoms. The molecule has 6 nitrogen and oxygen atoms in total. The van der Waals surface area contributed by atoms with Gasteiger partial charge in [0.2, 0.25) is 0 Å². The molecule has 0 bridgehead atoms. The molecule has 0 aliphatic carbocycles. The second-order valence-corrected chi connectivity index (χ2v) is 7.37. The first-order valence-electron chi connectivity index (χ1n) is 5.46. The van der Waals surface area contributed by atoms with Gasteiger partial charge in [-0.25, -0.2) is 0 Å². The fourth-order valence-corrected chi connectivity index (χ4v) is 2.61. The van der Waals surface area contributed by atoms with Gasteiger partial charge in [-0.3, -0.25) is 0 Å². The summed E-state index contributed by atoms with van der Waals surface area (Å²) >= 11 is 0. The van der Waals surface area contributed by atoms with E-state index in [2.05, 4.69) is 0 Å². The van der Waals surface area contributed by atoms with Gasteiger partial charge in [-0.2, -0.15) is 16.8 Å². The Balaban J connectivity index is 2.64. The molecule has 0 amide bonds. The predicted molar refractivity (Wildman–Crippen MR) is 74.9 cm³/mol. The van der Waals surface area contributed by atoms with Crippen LogP contribution in [0.25, 0.3) is 10.8 Å². The van der Waals surface area contributed by atoms with Crippen molar-refractivity contribution in [3.8, 4) is 11.5 Å². The van der Waals surface area contributed by atoms with Crippen LogP contribution in [0.2, 0.25) is 0 Å². The van der Waals surface area contributed by atoms with Gasteiger partial charge in [0.1, 0.15) is 5.75 Å². The monoisotopic (exact) mass is 316 g/mol. The molecule has 0 aliphatic heterocycles. The molecule has 8 heteroatoms. The zero-order chi connectivity index (χ0) is 15.0. The van der Waals surface area contributed by atoms with E-state index in [-0.39, 0.29) is 11.5 Å². The van der Waals surface area contributed by atoms with Gasteiger partial charge in [0.05, 0.1) is 12.5 Å². The van der Waals surface area contributed by atoms with Crippen molar-refractivity contribution >= 4 is 31.0 Å². The van der Waals surface area contributed by atoms with Crippen LogP contribution in [0, 0.1) is 0 Å². The van der Waals surface area contributed by atoms with Crippen molar-refractivity contribution in [1.82, 2.24) is 0 Å². The van der Waals surface area contributed by atoms with Gasteiger partial charge in [0.25, 0.3) is 0 Å². The lowest BCUT2D eigenvalue weighted by molar-refractivity contribution is 0.485. The summed E-state index contributed by atoms with van der Waals surface area (Å²) < 4.78 is 54.5. The lowest BCUT2D eigenvalue weighted by Crippen LogP contribution is -2.08. The average Bonchev–Trinajstić information content (AvgIpc) is 2.24. The van der Waals surface area contributed by atoms with Gasteiger partial charge in [-0.05, 0) is 11.5 Å². The highest BCUT2D eigenvalue weighted by molar-refractivity contribution is 7.86. The van der Waals surface area contributed by atoms with Crippen LogP contribution in [0.4, 0.5) is 0 Å². The van der Waals surface area contributed by atoms with Crippen LogP contribution < -0.4 is 8.37 Å². The number of hydrogen-bond donors (Lipinski definition) is 0. The van der Waals surface area contributed by atoms with Gasteiger partial charge >= 0.3 is 20.2 Å². The van der Waals surface area contributed by atoms with E-state index >= 15 is 0 Å². The highest BCUT2D eigenvalue weighted by Gasteiger charge is 2.13. The van der Waals surface area contributed by atoms with Crippen molar-refractivity contribution in [2.45, 2.75) is 0 Å². The molecule has 0 saturated heterocycles. The second-order valence-electron chi connectivity index (χ2n) is 4.22. The van der Waals surface area contributed by atoms with Crippen LogP contribution in [0.1, 0.15) is 0 Å². The Morgan fingerprint density at radius 1 is 0.850 bits per heavy atom. The molecule has 0 N–H and O–H groups in total. The zero-order valence-corrected chi connectivity index (χ0v) is 12.4. The molecule has 0 radical (unpaired) electrons. The Labute approximate surface area is 117 Å². The molecule has 0 saturated carbocycles. The van der Waals surface area contributed by atoms with E-state index in [1.807, 2.05) is 0 Å². The Morgan fingerprint density at radius 3 is 2.05 bits per heavy atom. The van der Waals surface area contributed by atoms with Crippen molar-refractivity contribution in [3.05, 3.63) is 36.4 Å². The van der Waals surface area contributed by atoms with E-state index in [1.54, 1.807) is 24.3 Å². The first-order valence-corrected chi connectivity index (χ1v) is 9.09. The lowest BCUT2D eigenvalue weighted by atomic mass is 10.1. The minimum absolute atomic E-state index is 0.00940.